The van der Waals surface area contributed by atoms with Crippen molar-refractivity contribution in [2.75, 3.05) is 0 Å². The first-order valence-corrected chi connectivity index (χ1v) is 6.54. The molecule has 0 aromatic carbocycles. The molecule has 0 amide bonds. The van der Waals surface area contributed by atoms with Crippen LogP contribution < -0.4 is 0 Å². The van der Waals surface area contributed by atoms with Crippen molar-refractivity contribution in [1.82, 2.24) is 0 Å². The molecule has 1 fully saturated rings. The molecule has 0 aliphatic heterocycles. The molecule has 4 heteroatoms. The van der Waals surface area contributed by atoms with Crippen molar-refractivity contribution in [3.05, 3.63) is 0 Å². The highest BCUT2D eigenvalue weighted by atomic mass is 16.6. The number of hydrogen-bond acceptors (Lipinski definition) is 4. The van der Waals surface area contributed by atoms with E-state index in [4.69, 9.17) is 9.47 Å². The summed E-state index contributed by atoms with van der Waals surface area (Å²) in [6.07, 6.45) is 1.94. The summed E-state index contributed by atoms with van der Waals surface area (Å²) in [6.45, 7) is 9.35. The maximum Gasteiger partial charge on any atom is 0.303 e. The summed E-state index contributed by atoms with van der Waals surface area (Å²) < 4.78 is 10.6. The van der Waals surface area contributed by atoms with Crippen LogP contribution in [0.1, 0.15) is 53.9 Å². The van der Waals surface area contributed by atoms with Gasteiger partial charge in [0.2, 0.25) is 0 Å². The summed E-state index contributed by atoms with van der Waals surface area (Å²) in [4.78, 5) is 22.2. The Kier molecular flexibility index (Phi) is 4.77. The molecule has 0 unspecified atom stereocenters. The van der Waals surface area contributed by atoms with Crippen LogP contribution in [0.4, 0.5) is 0 Å². The topological polar surface area (TPSA) is 52.6 Å². The van der Waals surface area contributed by atoms with Gasteiger partial charge in [0.05, 0.1) is 0 Å². The van der Waals surface area contributed by atoms with Gasteiger partial charge in [0, 0.05) is 13.8 Å². The van der Waals surface area contributed by atoms with Crippen molar-refractivity contribution < 1.29 is 19.1 Å². The van der Waals surface area contributed by atoms with Gasteiger partial charge in [-0.15, -0.1) is 0 Å². The van der Waals surface area contributed by atoms with Crippen LogP contribution in [0, 0.1) is 11.3 Å². The Morgan fingerprint density at radius 2 is 1.44 bits per heavy atom. The number of ether oxygens (including phenoxy) is 2. The number of rotatable bonds is 2. The monoisotopic (exact) mass is 256 g/mol. The minimum atomic E-state index is -0.314. The molecule has 0 saturated heterocycles. The van der Waals surface area contributed by atoms with Crippen molar-refractivity contribution in [2.24, 2.45) is 11.3 Å². The molecule has 1 aliphatic rings. The summed E-state index contributed by atoms with van der Waals surface area (Å²) in [6, 6.07) is 0. The van der Waals surface area contributed by atoms with Gasteiger partial charge in [-0.05, 0) is 30.6 Å². The molecule has 1 saturated carbocycles. The molecule has 0 heterocycles. The Morgan fingerprint density at radius 1 is 0.944 bits per heavy atom. The highest BCUT2D eigenvalue weighted by Gasteiger charge is 2.39. The third-order valence-corrected chi connectivity index (χ3v) is 3.59. The first-order valence-electron chi connectivity index (χ1n) is 6.54. The van der Waals surface area contributed by atoms with Crippen LogP contribution in [0.3, 0.4) is 0 Å². The van der Waals surface area contributed by atoms with E-state index in [1.54, 1.807) is 0 Å². The van der Waals surface area contributed by atoms with Crippen molar-refractivity contribution in [3.63, 3.8) is 0 Å². The van der Waals surface area contributed by atoms with Crippen LogP contribution in [-0.2, 0) is 19.1 Å². The first-order chi connectivity index (χ1) is 8.20. The van der Waals surface area contributed by atoms with Crippen molar-refractivity contribution >= 4 is 11.9 Å². The predicted molar refractivity (Wildman–Crippen MR) is 67.9 cm³/mol. The number of carbonyl (C=O) groups excluding carboxylic acids is 2. The second kappa shape index (κ2) is 5.72. The van der Waals surface area contributed by atoms with Crippen molar-refractivity contribution in [2.45, 2.75) is 66.1 Å². The minimum absolute atomic E-state index is 0.180. The maximum absolute atomic E-state index is 11.1. The van der Waals surface area contributed by atoms with Gasteiger partial charge in [-0.2, -0.15) is 0 Å². The molecule has 0 radical (unpaired) electrons. The van der Waals surface area contributed by atoms with Gasteiger partial charge in [-0.1, -0.05) is 20.8 Å². The first kappa shape index (κ1) is 15.0. The number of hydrogen-bond donors (Lipinski definition) is 0. The Labute approximate surface area is 109 Å². The number of carbonyl (C=O) groups is 2. The zero-order chi connectivity index (χ0) is 13.9. The average molecular weight is 256 g/mol. The molecule has 104 valence electrons. The normalized spacial score (nSPS) is 28.6. The molecule has 0 spiro atoms. The lowest BCUT2D eigenvalue weighted by atomic mass is 9.71. The molecular formula is C14H24O4. The SMILES string of the molecule is CC(=O)O[C@@H]1CC[C@@H](C(C)(C)C)C[C@H]1OC(C)=O. The highest BCUT2D eigenvalue weighted by molar-refractivity contribution is 5.67. The summed E-state index contributed by atoms with van der Waals surface area (Å²) >= 11 is 0. The smallest absolute Gasteiger partial charge is 0.303 e. The van der Waals surface area contributed by atoms with Gasteiger partial charge >= 0.3 is 11.9 Å². The second-order valence-corrected chi connectivity index (χ2v) is 6.17. The molecule has 0 aromatic heterocycles. The lowest BCUT2D eigenvalue weighted by Crippen LogP contribution is -2.42. The molecule has 18 heavy (non-hydrogen) atoms. The van der Waals surface area contributed by atoms with Crippen LogP contribution in [0.25, 0.3) is 0 Å². The van der Waals surface area contributed by atoms with Crippen LogP contribution >= 0.6 is 0 Å². The molecule has 1 aliphatic carbocycles. The Bertz CT molecular complexity index is 316. The van der Waals surface area contributed by atoms with Crippen LogP contribution in [0.2, 0.25) is 0 Å². The molecule has 0 N–H and O–H groups in total. The molecule has 3 atom stereocenters. The van der Waals surface area contributed by atoms with E-state index < -0.39 is 0 Å². The van der Waals surface area contributed by atoms with Crippen LogP contribution in [0.5, 0.6) is 0 Å². The van der Waals surface area contributed by atoms with Crippen LogP contribution in [0.15, 0.2) is 0 Å². The van der Waals surface area contributed by atoms with E-state index in [0.717, 1.165) is 19.3 Å². The van der Waals surface area contributed by atoms with Crippen molar-refractivity contribution in [3.8, 4) is 0 Å². The summed E-state index contributed by atoms with van der Waals surface area (Å²) in [5.41, 5.74) is 0.180. The lowest BCUT2D eigenvalue weighted by molar-refractivity contribution is -0.172. The van der Waals surface area contributed by atoms with Crippen molar-refractivity contribution in [1.29, 1.82) is 0 Å². The predicted octanol–water partition coefficient (Wildman–Crippen LogP) is 2.70. The minimum Gasteiger partial charge on any atom is -0.459 e. The van der Waals surface area contributed by atoms with Gasteiger partial charge in [0.25, 0.3) is 0 Å². The fourth-order valence-corrected chi connectivity index (χ4v) is 2.57. The van der Waals surface area contributed by atoms with E-state index in [0.29, 0.717) is 5.92 Å². The van der Waals surface area contributed by atoms with Gasteiger partial charge in [0.15, 0.2) is 0 Å². The van der Waals surface area contributed by atoms with E-state index in [-0.39, 0.29) is 29.6 Å². The summed E-state index contributed by atoms with van der Waals surface area (Å²) in [5, 5.41) is 0. The second-order valence-electron chi connectivity index (χ2n) is 6.17. The standard InChI is InChI=1S/C14H24O4/c1-9(15)17-12-7-6-11(14(3,4)5)8-13(12)18-10(2)16/h11-13H,6-8H2,1-5H3/t11-,12-,13-/m1/s1. The fraction of sp³-hybridized carbons (Fsp3) is 0.857. The molecule has 0 aromatic rings. The zero-order valence-corrected chi connectivity index (χ0v) is 12.0. The average Bonchev–Trinajstić information content (AvgIpc) is 2.17. The third kappa shape index (κ3) is 4.31. The Morgan fingerprint density at radius 3 is 1.89 bits per heavy atom. The third-order valence-electron chi connectivity index (χ3n) is 3.59. The summed E-state index contributed by atoms with van der Waals surface area (Å²) in [5.74, 6) is -0.147. The zero-order valence-electron chi connectivity index (χ0n) is 12.0. The molecular weight excluding hydrogens is 232 g/mol. The lowest BCUT2D eigenvalue weighted by Gasteiger charge is -2.40. The maximum atomic E-state index is 11.1. The fourth-order valence-electron chi connectivity index (χ4n) is 2.57. The largest absolute Gasteiger partial charge is 0.459 e. The van der Waals surface area contributed by atoms with Gasteiger partial charge in [-0.3, -0.25) is 9.59 Å². The van der Waals surface area contributed by atoms with E-state index in [9.17, 15) is 9.59 Å². The quantitative estimate of drug-likeness (QED) is 0.713. The summed E-state index contributed by atoms with van der Waals surface area (Å²) in [7, 11) is 0. The van der Waals surface area contributed by atoms with E-state index in [1.165, 1.54) is 13.8 Å². The Balaban J connectivity index is 2.72. The van der Waals surface area contributed by atoms with Gasteiger partial charge in [0.1, 0.15) is 12.2 Å². The van der Waals surface area contributed by atoms with Gasteiger partial charge < -0.3 is 9.47 Å². The van der Waals surface area contributed by atoms with E-state index in [2.05, 4.69) is 20.8 Å². The van der Waals surface area contributed by atoms with E-state index in [1.807, 2.05) is 0 Å². The molecule has 1 rings (SSSR count). The molecule has 4 nitrogen and oxygen atoms in total. The molecule has 0 bridgehead atoms. The van der Waals surface area contributed by atoms with E-state index >= 15 is 0 Å². The van der Waals surface area contributed by atoms with Crippen LogP contribution in [-0.4, -0.2) is 24.1 Å². The number of esters is 2. The Hall–Kier alpha value is -1.06. The highest BCUT2D eigenvalue weighted by Crippen LogP contribution is 2.39. The van der Waals surface area contributed by atoms with Gasteiger partial charge in [-0.25, -0.2) is 0 Å².